The van der Waals surface area contributed by atoms with Gasteiger partial charge in [-0.3, -0.25) is 9.59 Å². The van der Waals surface area contributed by atoms with E-state index in [0.29, 0.717) is 0 Å². The fourth-order valence-corrected chi connectivity index (χ4v) is 1.87. The number of esters is 1. The molecule has 1 heterocycles. The number of hydrogen-bond acceptors (Lipinski definition) is 5. The molecular formula is C13H18N2O3S. The van der Waals surface area contributed by atoms with Gasteiger partial charge in [-0.1, -0.05) is 0 Å². The number of nitrogens with one attached hydrogen (secondary N) is 1. The Labute approximate surface area is 116 Å². The van der Waals surface area contributed by atoms with Crippen molar-refractivity contribution in [2.24, 2.45) is 0 Å². The molecule has 0 fully saturated rings. The molecule has 0 bridgehead atoms. The molecule has 1 rings (SSSR count). The van der Waals surface area contributed by atoms with E-state index < -0.39 is 0 Å². The minimum absolute atomic E-state index is 0.129. The van der Waals surface area contributed by atoms with Gasteiger partial charge in [0.05, 0.1) is 23.2 Å². The monoisotopic (exact) mass is 282 g/mol. The number of amides is 1. The fraction of sp³-hybridized carbons (Fsp3) is 0.462. The molecule has 6 heteroatoms. The van der Waals surface area contributed by atoms with Crippen molar-refractivity contribution in [2.45, 2.75) is 33.3 Å². The Morgan fingerprint density at radius 2 is 2.26 bits per heavy atom. The lowest BCUT2D eigenvalue weighted by Crippen LogP contribution is -2.25. The van der Waals surface area contributed by atoms with Crippen molar-refractivity contribution in [3.63, 3.8) is 0 Å². The Balaban J connectivity index is 2.25. The average Bonchev–Trinajstić information content (AvgIpc) is 2.71. The molecule has 1 amide bonds. The summed E-state index contributed by atoms with van der Waals surface area (Å²) in [5, 5.41) is 5.44. The van der Waals surface area contributed by atoms with Crippen molar-refractivity contribution in [3.05, 3.63) is 22.2 Å². The van der Waals surface area contributed by atoms with Gasteiger partial charge < -0.3 is 10.1 Å². The maximum atomic E-state index is 11.5. The second-order valence-corrected chi connectivity index (χ2v) is 5.27. The predicted octanol–water partition coefficient (Wildman–Crippen LogP) is 1.92. The summed E-state index contributed by atoms with van der Waals surface area (Å²) in [7, 11) is 0. The summed E-state index contributed by atoms with van der Waals surface area (Å²) in [4.78, 5) is 26.9. The summed E-state index contributed by atoms with van der Waals surface area (Å²) in [6.07, 6.45) is 3.09. The van der Waals surface area contributed by atoms with Crippen LogP contribution in [0.1, 0.15) is 31.0 Å². The Morgan fingerprint density at radius 1 is 1.53 bits per heavy atom. The highest BCUT2D eigenvalue weighted by Crippen LogP contribution is 2.08. The molecule has 0 saturated heterocycles. The summed E-state index contributed by atoms with van der Waals surface area (Å²) < 4.78 is 4.95. The fourth-order valence-electron chi connectivity index (χ4n) is 1.29. The van der Waals surface area contributed by atoms with E-state index in [-0.39, 0.29) is 30.9 Å². The van der Waals surface area contributed by atoms with E-state index in [1.54, 1.807) is 19.9 Å². The Bertz CT molecular complexity index is 466. The van der Waals surface area contributed by atoms with Crippen LogP contribution in [0.3, 0.4) is 0 Å². The lowest BCUT2D eigenvalue weighted by Gasteiger charge is -2.07. The number of hydrogen-bond donors (Lipinski definition) is 1. The van der Waals surface area contributed by atoms with Crippen molar-refractivity contribution < 1.29 is 14.3 Å². The number of aromatic nitrogens is 1. The van der Waals surface area contributed by atoms with Crippen LogP contribution in [0, 0.1) is 6.92 Å². The Morgan fingerprint density at radius 3 is 2.84 bits per heavy atom. The zero-order chi connectivity index (χ0) is 14.3. The van der Waals surface area contributed by atoms with E-state index >= 15 is 0 Å². The highest BCUT2D eigenvalue weighted by Gasteiger charge is 2.05. The maximum Gasteiger partial charge on any atom is 0.307 e. The molecule has 1 aromatic rings. The third-order valence-electron chi connectivity index (χ3n) is 2.04. The third kappa shape index (κ3) is 6.71. The van der Waals surface area contributed by atoms with Crippen LogP contribution in [0.4, 0.5) is 0 Å². The molecule has 0 saturated carbocycles. The summed E-state index contributed by atoms with van der Waals surface area (Å²) in [5.74, 6) is -0.558. The molecule has 0 unspecified atom stereocenters. The quantitative estimate of drug-likeness (QED) is 0.639. The number of thiazole rings is 1. The van der Waals surface area contributed by atoms with E-state index in [0.717, 1.165) is 10.7 Å². The zero-order valence-corrected chi connectivity index (χ0v) is 12.1. The third-order valence-corrected chi connectivity index (χ3v) is 2.83. The molecule has 0 spiro atoms. The molecular weight excluding hydrogens is 264 g/mol. The topological polar surface area (TPSA) is 68.3 Å². The zero-order valence-electron chi connectivity index (χ0n) is 11.3. The molecule has 0 aliphatic rings. The minimum Gasteiger partial charge on any atom is -0.463 e. The summed E-state index contributed by atoms with van der Waals surface area (Å²) in [5.41, 5.74) is 0.761. The average molecular weight is 282 g/mol. The van der Waals surface area contributed by atoms with Crippen LogP contribution in [0.25, 0.3) is 6.08 Å². The van der Waals surface area contributed by atoms with Gasteiger partial charge in [0.1, 0.15) is 0 Å². The van der Waals surface area contributed by atoms with Gasteiger partial charge in [0.25, 0.3) is 0 Å². The first kappa shape index (κ1) is 15.4. The minimum atomic E-state index is -0.311. The van der Waals surface area contributed by atoms with Crippen LogP contribution < -0.4 is 5.32 Å². The molecule has 0 radical (unpaired) electrons. The molecule has 0 aliphatic carbocycles. The Kier molecular flexibility index (Phi) is 6.21. The predicted molar refractivity (Wildman–Crippen MR) is 74.7 cm³/mol. The SMILES string of the molecule is Cc1nc(/C=C/C(=O)NCCC(=O)OC(C)C)cs1. The highest BCUT2D eigenvalue weighted by molar-refractivity contribution is 7.09. The van der Waals surface area contributed by atoms with Crippen molar-refractivity contribution in [1.82, 2.24) is 10.3 Å². The first-order valence-corrected chi connectivity index (χ1v) is 6.93. The highest BCUT2D eigenvalue weighted by atomic mass is 32.1. The van der Waals surface area contributed by atoms with E-state index in [4.69, 9.17) is 4.74 Å². The summed E-state index contributed by atoms with van der Waals surface area (Å²) >= 11 is 1.53. The van der Waals surface area contributed by atoms with Crippen LogP contribution in [0.15, 0.2) is 11.5 Å². The van der Waals surface area contributed by atoms with E-state index in [1.165, 1.54) is 17.4 Å². The first-order valence-electron chi connectivity index (χ1n) is 6.05. The standard InChI is InChI=1S/C13H18N2O3S/c1-9(2)18-13(17)6-7-14-12(16)5-4-11-8-19-10(3)15-11/h4-5,8-9H,6-7H2,1-3H3,(H,14,16)/b5-4+. The van der Waals surface area contributed by atoms with Gasteiger partial charge in [-0.2, -0.15) is 0 Å². The van der Waals surface area contributed by atoms with E-state index in [1.807, 2.05) is 12.3 Å². The molecule has 0 atom stereocenters. The molecule has 1 aromatic heterocycles. The van der Waals surface area contributed by atoms with Gasteiger partial charge in [-0.15, -0.1) is 11.3 Å². The van der Waals surface area contributed by atoms with Gasteiger partial charge >= 0.3 is 5.97 Å². The maximum absolute atomic E-state index is 11.5. The molecule has 19 heavy (non-hydrogen) atoms. The number of carbonyl (C=O) groups is 2. The van der Waals surface area contributed by atoms with Crippen LogP contribution >= 0.6 is 11.3 Å². The molecule has 5 nitrogen and oxygen atoms in total. The molecule has 0 aromatic carbocycles. The van der Waals surface area contributed by atoms with Crippen molar-refractivity contribution in [1.29, 1.82) is 0 Å². The largest absolute Gasteiger partial charge is 0.463 e. The lowest BCUT2D eigenvalue weighted by atomic mass is 10.3. The summed E-state index contributed by atoms with van der Waals surface area (Å²) in [6.45, 7) is 5.75. The number of rotatable bonds is 6. The molecule has 104 valence electrons. The van der Waals surface area contributed by atoms with Crippen LogP contribution in [-0.4, -0.2) is 29.5 Å². The summed E-state index contributed by atoms with van der Waals surface area (Å²) in [6, 6.07) is 0. The number of nitrogens with zero attached hydrogens (tertiary/aromatic N) is 1. The first-order chi connectivity index (χ1) is 8.97. The Hall–Kier alpha value is -1.69. The molecule has 1 N–H and O–H groups in total. The van der Waals surface area contributed by atoms with E-state index in [9.17, 15) is 9.59 Å². The smallest absolute Gasteiger partial charge is 0.307 e. The normalized spacial score (nSPS) is 10.9. The van der Waals surface area contributed by atoms with Gasteiger partial charge in [0.15, 0.2) is 0 Å². The second kappa shape index (κ2) is 7.68. The van der Waals surface area contributed by atoms with E-state index in [2.05, 4.69) is 10.3 Å². The van der Waals surface area contributed by atoms with Gasteiger partial charge in [0, 0.05) is 18.0 Å². The second-order valence-electron chi connectivity index (χ2n) is 4.20. The van der Waals surface area contributed by atoms with Crippen molar-refractivity contribution in [3.8, 4) is 0 Å². The van der Waals surface area contributed by atoms with Gasteiger partial charge in [-0.05, 0) is 26.8 Å². The van der Waals surface area contributed by atoms with Crippen molar-refractivity contribution in [2.75, 3.05) is 6.54 Å². The van der Waals surface area contributed by atoms with Gasteiger partial charge in [0.2, 0.25) is 5.91 Å². The number of carbonyl (C=O) groups excluding carboxylic acids is 2. The van der Waals surface area contributed by atoms with Crippen LogP contribution in [0.5, 0.6) is 0 Å². The lowest BCUT2D eigenvalue weighted by molar-refractivity contribution is -0.147. The number of ether oxygens (including phenoxy) is 1. The van der Waals surface area contributed by atoms with Gasteiger partial charge in [-0.25, -0.2) is 4.98 Å². The number of aryl methyl sites for hydroxylation is 1. The molecule has 0 aliphatic heterocycles. The van der Waals surface area contributed by atoms with Crippen LogP contribution in [-0.2, 0) is 14.3 Å². The van der Waals surface area contributed by atoms with Crippen LogP contribution in [0.2, 0.25) is 0 Å². The van der Waals surface area contributed by atoms with Crippen molar-refractivity contribution >= 4 is 29.3 Å².